The Labute approximate surface area is 87.1 Å². The zero-order chi connectivity index (χ0) is 10.4. The van der Waals surface area contributed by atoms with E-state index in [1.165, 1.54) is 11.3 Å². The van der Waals surface area contributed by atoms with Crippen molar-refractivity contribution in [3.63, 3.8) is 0 Å². The number of hydrogen-bond acceptors (Lipinski definition) is 5. The fourth-order valence-electron chi connectivity index (χ4n) is 1.06. The lowest BCUT2D eigenvalue weighted by molar-refractivity contribution is 0.0963. The number of nitrogens with two attached hydrogens (primary N) is 1. The van der Waals surface area contributed by atoms with Gasteiger partial charge in [-0.15, -0.1) is 11.3 Å². The second kappa shape index (κ2) is 5.85. The van der Waals surface area contributed by atoms with Gasteiger partial charge in [0.2, 0.25) is 0 Å². The largest absolute Gasteiger partial charge is 0.385 e. The molecule has 1 aromatic rings. The van der Waals surface area contributed by atoms with Crippen molar-refractivity contribution < 1.29 is 9.53 Å². The molecule has 1 atom stereocenters. The van der Waals surface area contributed by atoms with Gasteiger partial charge in [0.15, 0.2) is 5.78 Å². The quantitative estimate of drug-likeness (QED) is 0.720. The lowest BCUT2D eigenvalue weighted by atomic mass is 10.1. The molecule has 0 aliphatic heterocycles. The van der Waals surface area contributed by atoms with E-state index in [1.807, 2.05) is 0 Å². The van der Waals surface area contributed by atoms with Crippen LogP contribution in [0, 0.1) is 0 Å². The first kappa shape index (κ1) is 11.3. The first-order valence-electron chi connectivity index (χ1n) is 4.40. The van der Waals surface area contributed by atoms with Crippen molar-refractivity contribution in [3.8, 4) is 0 Å². The first-order valence-corrected chi connectivity index (χ1v) is 5.34. The van der Waals surface area contributed by atoms with Crippen LogP contribution in [-0.4, -0.2) is 30.5 Å². The molecule has 1 rings (SSSR count). The van der Waals surface area contributed by atoms with Crippen LogP contribution in [0.3, 0.4) is 0 Å². The van der Waals surface area contributed by atoms with Crippen molar-refractivity contribution in [3.05, 3.63) is 16.6 Å². The molecule has 14 heavy (non-hydrogen) atoms. The number of hydrogen-bond donors (Lipinski definition) is 1. The molecule has 0 aromatic carbocycles. The molecule has 0 fully saturated rings. The molecule has 0 radical (unpaired) electrons. The third kappa shape index (κ3) is 3.53. The molecule has 78 valence electrons. The second-order valence-electron chi connectivity index (χ2n) is 3.04. The van der Waals surface area contributed by atoms with Crippen LogP contribution in [0.25, 0.3) is 0 Å². The van der Waals surface area contributed by atoms with Crippen molar-refractivity contribution >= 4 is 17.1 Å². The summed E-state index contributed by atoms with van der Waals surface area (Å²) in [5.74, 6) is 0.00912. The highest BCUT2D eigenvalue weighted by molar-refractivity contribution is 7.07. The normalized spacial score (nSPS) is 12.7. The maximum Gasteiger partial charge on any atom is 0.183 e. The molecule has 4 nitrogen and oxygen atoms in total. The molecule has 5 heteroatoms. The summed E-state index contributed by atoms with van der Waals surface area (Å²) < 4.78 is 4.88. The van der Waals surface area contributed by atoms with Gasteiger partial charge in [0, 0.05) is 31.6 Å². The minimum Gasteiger partial charge on any atom is -0.385 e. The number of carbonyl (C=O) groups is 1. The predicted molar refractivity (Wildman–Crippen MR) is 55.5 cm³/mol. The Morgan fingerprint density at radius 3 is 3.14 bits per heavy atom. The van der Waals surface area contributed by atoms with Gasteiger partial charge in [-0.1, -0.05) is 0 Å². The summed E-state index contributed by atoms with van der Waals surface area (Å²) in [5.41, 5.74) is 7.90. The summed E-state index contributed by atoms with van der Waals surface area (Å²) in [5, 5.41) is 1.74. The molecule has 0 spiro atoms. The van der Waals surface area contributed by atoms with Crippen molar-refractivity contribution in [2.24, 2.45) is 5.73 Å². The van der Waals surface area contributed by atoms with Crippen molar-refractivity contribution in [1.29, 1.82) is 0 Å². The van der Waals surface area contributed by atoms with Crippen LogP contribution in [0.2, 0.25) is 0 Å². The summed E-state index contributed by atoms with van der Waals surface area (Å²) >= 11 is 1.42. The summed E-state index contributed by atoms with van der Waals surface area (Å²) in [6.45, 7) is 0.589. The highest BCUT2D eigenvalue weighted by Crippen LogP contribution is 2.07. The summed E-state index contributed by atoms with van der Waals surface area (Å²) in [6.07, 6.45) is 1.04. The van der Waals surface area contributed by atoms with Crippen LogP contribution >= 0.6 is 11.3 Å². The van der Waals surface area contributed by atoms with E-state index in [0.717, 1.165) is 0 Å². The Kier molecular flexibility index (Phi) is 4.72. The molecule has 0 aliphatic carbocycles. The predicted octanol–water partition coefficient (Wildman–Crippen LogP) is 1.08. The van der Waals surface area contributed by atoms with E-state index in [1.54, 1.807) is 18.0 Å². The van der Waals surface area contributed by atoms with Gasteiger partial charge < -0.3 is 10.5 Å². The minimum absolute atomic E-state index is 0.00912. The van der Waals surface area contributed by atoms with Crippen molar-refractivity contribution in [1.82, 2.24) is 4.98 Å². The smallest absolute Gasteiger partial charge is 0.183 e. The molecule has 0 saturated heterocycles. The van der Waals surface area contributed by atoms with Gasteiger partial charge >= 0.3 is 0 Å². The van der Waals surface area contributed by atoms with E-state index in [-0.39, 0.29) is 11.8 Å². The first-order chi connectivity index (χ1) is 6.74. The van der Waals surface area contributed by atoms with Gasteiger partial charge in [0.25, 0.3) is 0 Å². The van der Waals surface area contributed by atoms with Crippen LogP contribution in [0.1, 0.15) is 23.3 Å². The Hall–Kier alpha value is -0.780. The maximum absolute atomic E-state index is 11.5. The van der Waals surface area contributed by atoms with Gasteiger partial charge in [0.05, 0.1) is 5.51 Å². The van der Waals surface area contributed by atoms with E-state index in [9.17, 15) is 4.79 Å². The fraction of sp³-hybridized carbons (Fsp3) is 0.556. The van der Waals surface area contributed by atoms with Crippen LogP contribution in [0.15, 0.2) is 10.9 Å². The monoisotopic (exact) mass is 214 g/mol. The van der Waals surface area contributed by atoms with E-state index in [2.05, 4.69) is 4.98 Å². The lowest BCUT2D eigenvalue weighted by Gasteiger charge is -2.08. The molecule has 2 N–H and O–H groups in total. The number of ether oxygens (including phenoxy) is 1. The number of thiazole rings is 1. The van der Waals surface area contributed by atoms with E-state index >= 15 is 0 Å². The molecule has 0 saturated carbocycles. The molecule has 0 bridgehead atoms. The third-order valence-electron chi connectivity index (χ3n) is 1.86. The number of rotatable bonds is 6. The standard InChI is InChI=1S/C9H14N2O2S/c1-13-3-2-7(10)4-9(12)8-5-14-6-11-8/h5-7H,2-4,10H2,1H3. The highest BCUT2D eigenvalue weighted by Gasteiger charge is 2.12. The Morgan fingerprint density at radius 1 is 1.79 bits per heavy atom. The van der Waals surface area contributed by atoms with Gasteiger partial charge in [-0.2, -0.15) is 0 Å². The van der Waals surface area contributed by atoms with Gasteiger partial charge in [0.1, 0.15) is 5.69 Å². The van der Waals surface area contributed by atoms with Crippen LogP contribution in [0.4, 0.5) is 0 Å². The van der Waals surface area contributed by atoms with Crippen LogP contribution in [-0.2, 0) is 4.74 Å². The van der Waals surface area contributed by atoms with E-state index in [0.29, 0.717) is 25.1 Å². The average molecular weight is 214 g/mol. The van der Waals surface area contributed by atoms with Crippen molar-refractivity contribution in [2.75, 3.05) is 13.7 Å². The van der Waals surface area contributed by atoms with E-state index in [4.69, 9.17) is 10.5 Å². The summed E-state index contributed by atoms with van der Waals surface area (Å²) in [7, 11) is 1.62. The zero-order valence-corrected chi connectivity index (χ0v) is 8.92. The van der Waals surface area contributed by atoms with E-state index < -0.39 is 0 Å². The summed E-state index contributed by atoms with van der Waals surface area (Å²) in [4.78, 5) is 15.4. The minimum atomic E-state index is -0.135. The summed E-state index contributed by atoms with van der Waals surface area (Å²) in [6, 6.07) is -0.135. The Balaban J connectivity index is 2.34. The van der Waals surface area contributed by atoms with Crippen LogP contribution in [0.5, 0.6) is 0 Å². The molecule has 0 amide bonds. The highest BCUT2D eigenvalue weighted by atomic mass is 32.1. The topological polar surface area (TPSA) is 65.2 Å². The number of nitrogens with zero attached hydrogens (tertiary/aromatic N) is 1. The number of carbonyl (C=O) groups excluding carboxylic acids is 1. The van der Waals surface area contributed by atoms with Gasteiger partial charge in [-0.05, 0) is 6.42 Å². The molecule has 1 unspecified atom stereocenters. The average Bonchev–Trinajstić information content (AvgIpc) is 2.67. The SMILES string of the molecule is COCCC(N)CC(=O)c1cscn1. The van der Waals surface area contributed by atoms with Gasteiger partial charge in [-0.25, -0.2) is 4.98 Å². The number of Topliss-reactive ketones (excluding diaryl/α,β-unsaturated/α-hetero) is 1. The Morgan fingerprint density at radius 2 is 2.57 bits per heavy atom. The Bertz CT molecular complexity index is 274. The third-order valence-corrected chi connectivity index (χ3v) is 2.44. The lowest BCUT2D eigenvalue weighted by Crippen LogP contribution is -2.25. The van der Waals surface area contributed by atoms with Crippen LogP contribution < -0.4 is 5.73 Å². The zero-order valence-electron chi connectivity index (χ0n) is 8.10. The van der Waals surface area contributed by atoms with Gasteiger partial charge in [-0.3, -0.25) is 4.79 Å². The number of aromatic nitrogens is 1. The molecule has 0 aliphatic rings. The molecule has 1 heterocycles. The maximum atomic E-state index is 11.5. The fourth-order valence-corrected chi connectivity index (χ4v) is 1.62. The number of methoxy groups -OCH3 is 1. The molecule has 1 aromatic heterocycles. The molecular formula is C9H14N2O2S. The number of ketones is 1. The van der Waals surface area contributed by atoms with Crippen molar-refractivity contribution in [2.45, 2.75) is 18.9 Å². The molecular weight excluding hydrogens is 200 g/mol. The second-order valence-corrected chi connectivity index (χ2v) is 3.76.